The van der Waals surface area contributed by atoms with Crippen LogP contribution in [0.1, 0.15) is 82.6 Å². The molecule has 5 aliphatic rings. The molecule has 0 saturated heterocycles. The standard InChI is InChI=1S/C28H34N2O2/c1-27(25(23(17-29)18-30)22-5-3-2-4-6-22)9-7-24(8-10-27)32-26(31)28-14-19-11-20(15-28)13-21(12-19)16-28/h2-6,19-21,23-25H,7-16H2,1H3. The van der Waals surface area contributed by atoms with Crippen LogP contribution in [-0.2, 0) is 9.53 Å². The smallest absolute Gasteiger partial charge is 0.312 e. The van der Waals surface area contributed by atoms with Crippen molar-refractivity contribution in [3.8, 4) is 12.1 Å². The van der Waals surface area contributed by atoms with E-state index in [4.69, 9.17) is 4.74 Å². The van der Waals surface area contributed by atoms with Crippen LogP contribution in [0.3, 0.4) is 0 Å². The third-order valence-electron chi connectivity index (χ3n) is 9.34. The summed E-state index contributed by atoms with van der Waals surface area (Å²) in [6, 6.07) is 14.5. The number of benzene rings is 1. The van der Waals surface area contributed by atoms with Crippen molar-refractivity contribution < 1.29 is 9.53 Å². The molecule has 0 amide bonds. The second-order valence-corrected chi connectivity index (χ2v) is 11.6. The van der Waals surface area contributed by atoms with E-state index in [1.807, 2.05) is 30.3 Å². The molecule has 5 fully saturated rings. The summed E-state index contributed by atoms with van der Waals surface area (Å²) in [4.78, 5) is 13.4. The SMILES string of the molecule is CC1(C(c2ccccc2)C(C#N)C#N)CCC(OC(=O)C23CC4CC(CC(C4)C2)C3)CC1. The zero-order valence-corrected chi connectivity index (χ0v) is 19.1. The third-order valence-corrected chi connectivity index (χ3v) is 9.34. The van der Waals surface area contributed by atoms with Crippen molar-refractivity contribution in [2.75, 3.05) is 0 Å². The molecule has 6 rings (SSSR count). The van der Waals surface area contributed by atoms with Crippen molar-refractivity contribution in [2.24, 2.45) is 34.5 Å². The summed E-state index contributed by atoms with van der Waals surface area (Å²) >= 11 is 0. The van der Waals surface area contributed by atoms with Gasteiger partial charge in [-0.05, 0) is 92.9 Å². The molecule has 168 valence electrons. The summed E-state index contributed by atoms with van der Waals surface area (Å²) < 4.78 is 6.20. The molecule has 0 aromatic heterocycles. The Kier molecular flexibility index (Phi) is 5.53. The number of nitrogens with zero attached hydrogens (tertiary/aromatic N) is 2. The monoisotopic (exact) mass is 430 g/mol. The Morgan fingerprint density at radius 2 is 1.50 bits per heavy atom. The fourth-order valence-electron chi connectivity index (χ4n) is 8.15. The average molecular weight is 431 g/mol. The number of carbonyl (C=O) groups excluding carboxylic acids is 1. The molecule has 4 bridgehead atoms. The van der Waals surface area contributed by atoms with Crippen LogP contribution >= 0.6 is 0 Å². The molecule has 4 nitrogen and oxygen atoms in total. The predicted molar refractivity (Wildman–Crippen MR) is 121 cm³/mol. The highest BCUT2D eigenvalue weighted by atomic mass is 16.5. The van der Waals surface area contributed by atoms with Crippen LogP contribution in [0.5, 0.6) is 0 Å². The van der Waals surface area contributed by atoms with E-state index < -0.39 is 5.92 Å². The van der Waals surface area contributed by atoms with Crippen LogP contribution in [0.4, 0.5) is 0 Å². The van der Waals surface area contributed by atoms with Crippen LogP contribution in [0.15, 0.2) is 30.3 Å². The maximum Gasteiger partial charge on any atom is 0.312 e. The summed E-state index contributed by atoms with van der Waals surface area (Å²) in [5.74, 6) is 1.50. The highest BCUT2D eigenvalue weighted by Crippen LogP contribution is 2.60. The Morgan fingerprint density at radius 1 is 0.969 bits per heavy atom. The maximum atomic E-state index is 13.4. The molecule has 4 heteroatoms. The molecule has 0 spiro atoms. The van der Waals surface area contributed by atoms with E-state index in [1.165, 1.54) is 19.3 Å². The van der Waals surface area contributed by atoms with E-state index in [0.29, 0.717) is 0 Å². The first-order valence-electron chi connectivity index (χ1n) is 12.5. The van der Waals surface area contributed by atoms with Crippen molar-refractivity contribution in [3.05, 3.63) is 35.9 Å². The van der Waals surface area contributed by atoms with Crippen molar-refractivity contribution in [3.63, 3.8) is 0 Å². The quantitative estimate of drug-likeness (QED) is 0.526. The summed E-state index contributed by atoms with van der Waals surface area (Å²) in [6.45, 7) is 2.21. The fourth-order valence-corrected chi connectivity index (χ4v) is 8.15. The van der Waals surface area contributed by atoms with Gasteiger partial charge in [0, 0.05) is 5.92 Å². The van der Waals surface area contributed by atoms with Gasteiger partial charge in [-0.15, -0.1) is 0 Å². The average Bonchev–Trinajstić information content (AvgIpc) is 2.78. The summed E-state index contributed by atoms with van der Waals surface area (Å²) in [6.07, 6.45) is 10.5. The van der Waals surface area contributed by atoms with Gasteiger partial charge < -0.3 is 4.74 Å². The van der Waals surface area contributed by atoms with Gasteiger partial charge in [0.2, 0.25) is 0 Å². The van der Waals surface area contributed by atoms with Crippen molar-refractivity contribution in [2.45, 2.75) is 83.2 Å². The lowest BCUT2D eigenvalue weighted by molar-refractivity contribution is -0.179. The van der Waals surface area contributed by atoms with Gasteiger partial charge in [-0.2, -0.15) is 10.5 Å². The first kappa shape index (κ1) is 21.5. The predicted octanol–water partition coefficient (Wildman–Crippen LogP) is 6.14. The number of ether oxygens (including phenoxy) is 1. The number of hydrogen-bond donors (Lipinski definition) is 0. The lowest BCUT2D eigenvalue weighted by Crippen LogP contribution is -2.51. The van der Waals surface area contributed by atoms with Crippen LogP contribution in [0.25, 0.3) is 0 Å². The minimum Gasteiger partial charge on any atom is -0.462 e. The van der Waals surface area contributed by atoms with E-state index in [9.17, 15) is 15.3 Å². The van der Waals surface area contributed by atoms with Gasteiger partial charge in [-0.25, -0.2) is 0 Å². The summed E-state index contributed by atoms with van der Waals surface area (Å²) in [7, 11) is 0. The van der Waals surface area contributed by atoms with Crippen LogP contribution in [0.2, 0.25) is 0 Å². The van der Waals surface area contributed by atoms with E-state index in [0.717, 1.165) is 68.3 Å². The molecule has 0 aliphatic heterocycles. The summed E-state index contributed by atoms with van der Waals surface area (Å²) in [5.41, 5.74) is 0.711. The molecule has 1 aromatic carbocycles. The van der Waals surface area contributed by atoms with Crippen LogP contribution in [0, 0.1) is 57.2 Å². The number of nitriles is 2. The van der Waals surface area contributed by atoms with E-state index in [1.54, 1.807) is 0 Å². The number of carbonyl (C=O) groups is 1. The van der Waals surface area contributed by atoms with Gasteiger partial charge in [0.15, 0.2) is 0 Å². The van der Waals surface area contributed by atoms with Crippen molar-refractivity contribution in [1.82, 2.24) is 0 Å². The number of hydrogen-bond acceptors (Lipinski definition) is 4. The zero-order chi connectivity index (χ0) is 22.3. The van der Waals surface area contributed by atoms with E-state index in [-0.39, 0.29) is 28.8 Å². The Bertz CT molecular complexity index is 883. The lowest BCUT2D eigenvalue weighted by Gasteiger charge is -2.55. The molecule has 5 aliphatic carbocycles. The molecular formula is C28H34N2O2. The molecule has 0 radical (unpaired) electrons. The zero-order valence-electron chi connectivity index (χ0n) is 19.1. The summed E-state index contributed by atoms with van der Waals surface area (Å²) in [5, 5.41) is 19.4. The van der Waals surface area contributed by atoms with Gasteiger partial charge in [0.1, 0.15) is 12.0 Å². The van der Waals surface area contributed by atoms with Crippen LogP contribution < -0.4 is 0 Å². The fraction of sp³-hybridized carbons (Fsp3) is 0.679. The highest BCUT2D eigenvalue weighted by Gasteiger charge is 2.56. The first-order valence-corrected chi connectivity index (χ1v) is 12.5. The number of rotatable bonds is 5. The molecule has 0 N–H and O–H groups in total. The van der Waals surface area contributed by atoms with Gasteiger partial charge in [0.25, 0.3) is 0 Å². The molecule has 0 heterocycles. The lowest BCUT2D eigenvalue weighted by atomic mass is 9.49. The molecular weight excluding hydrogens is 396 g/mol. The Balaban J connectivity index is 1.26. The molecule has 1 aromatic rings. The van der Waals surface area contributed by atoms with E-state index in [2.05, 4.69) is 19.1 Å². The highest BCUT2D eigenvalue weighted by molar-refractivity contribution is 5.77. The maximum absolute atomic E-state index is 13.4. The van der Waals surface area contributed by atoms with Gasteiger partial charge >= 0.3 is 5.97 Å². The Hall–Kier alpha value is -2.33. The molecule has 32 heavy (non-hydrogen) atoms. The Morgan fingerprint density at radius 3 is 2.00 bits per heavy atom. The molecule has 1 atom stereocenters. The van der Waals surface area contributed by atoms with Gasteiger partial charge in [-0.1, -0.05) is 37.3 Å². The second kappa shape index (κ2) is 8.22. The minimum absolute atomic E-state index is 0.0253. The van der Waals surface area contributed by atoms with E-state index >= 15 is 0 Å². The van der Waals surface area contributed by atoms with Gasteiger partial charge in [-0.3, -0.25) is 4.79 Å². The van der Waals surface area contributed by atoms with Gasteiger partial charge in [0.05, 0.1) is 17.6 Å². The largest absolute Gasteiger partial charge is 0.462 e. The number of esters is 1. The topological polar surface area (TPSA) is 73.9 Å². The minimum atomic E-state index is -0.673. The first-order chi connectivity index (χ1) is 15.4. The normalized spacial score (nSPS) is 38.6. The van der Waals surface area contributed by atoms with Crippen molar-refractivity contribution >= 4 is 5.97 Å². The molecule has 5 saturated carbocycles. The second-order valence-electron chi connectivity index (χ2n) is 11.6. The Labute approximate surface area is 191 Å². The third kappa shape index (κ3) is 3.73. The van der Waals surface area contributed by atoms with Crippen LogP contribution in [-0.4, -0.2) is 12.1 Å². The van der Waals surface area contributed by atoms with Crippen molar-refractivity contribution in [1.29, 1.82) is 10.5 Å². The molecule has 1 unspecified atom stereocenters.